The van der Waals surface area contributed by atoms with Gasteiger partial charge in [0.15, 0.2) is 0 Å². The summed E-state index contributed by atoms with van der Waals surface area (Å²) < 4.78 is 6.39. The smallest absolute Gasteiger partial charge is 0.140 e. The summed E-state index contributed by atoms with van der Waals surface area (Å²) in [5.41, 5.74) is -1.07. The lowest BCUT2D eigenvalue weighted by Gasteiger charge is -2.44. The van der Waals surface area contributed by atoms with Gasteiger partial charge in [-0.05, 0) is 44.6 Å². The third-order valence-electron chi connectivity index (χ3n) is 4.08. The maximum Gasteiger partial charge on any atom is 0.140 e. The van der Waals surface area contributed by atoms with E-state index >= 15 is 0 Å². The lowest BCUT2D eigenvalue weighted by Crippen LogP contribution is -2.50. The van der Waals surface area contributed by atoms with Crippen molar-refractivity contribution in [3.05, 3.63) is 21.5 Å². The van der Waals surface area contributed by atoms with Crippen LogP contribution in [0.3, 0.4) is 0 Å². The Bertz CT molecular complexity index is 426. The minimum atomic E-state index is -1.07. The molecule has 0 saturated heterocycles. The van der Waals surface area contributed by atoms with Crippen LogP contribution in [0, 0.1) is 17.8 Å². The van der Waals surface area contributed by atoms with E-state index in [1.54, 1.807) is 7.11 Å². The van der Waals surface area contributed by atoms with Crippen molar-refractivity contribution in [2.45, 2.75) is 18.4 Å². The standard InChI is InChI=1S/C12H13IO3/c1-16-10-3-2-6-4-8(13)7-5-9(14)11(6)12(7,10)15/h3-4,6-7,11,15H,2,5H2,1H3/t6?,7-,11?,12+/m1/s1. The minimum Gasteiger partial charge on any atom is -0.498 e. The van der Waals surface area contributed by atoms with E-state index in [0.717, 1.165) is 10.0 Å². The number of carbonyl (C=O) groups excluding carboxylic acids is 1. The fourth-order valence-corrected chi connectivity index (χ4v) is 4.58. The number of hydrogen-bond acceptors (Lipinski definition) is 3. The number of halogens is 1. The van der Waals surface area contributed by atoms with Gasteiger partial charge in [-0.2, -0.15) is 0 Å². The molecule has 0 spiro atoms. The Morgan fingerprint density at radius 2 is 2.38 bits per heavy atom. The summed E-state index contributed by atoms with van der Waals surface area (Å²) >= 11 is 2.25. The topological polar surface area (TPSA) is 46.5 Å². The second kappa shape index (κ2) is 3.32. The van der Waals surface area contributed by atoms with E-state index < -0.39 is 5.60 Å². The Labute approximate surface area is 108 Å². The van der Waals surface area contributed by atoms with E-state index in [9.17, 15) is 9.90 Å². The zero-order valence-corrected chi connectivity index (χ0v) is 11.1. The van der Waals surface area contributed by atoms with Gasteiger partial charge < -0.3 is 9.84 Å². The zero-order valence-electron chi connectivity index (χ0n) is 8.94. The molecule has 86 valence electrons. The molecule has 4 bridgehead atoms. The Kier molecular flexibility index (Phi) is 2.24. The van der Waals surface area contributed by atoms with Crippen LogP contribution in [0.1, 0.15) is 12.8 Å². The molecule has 1 N–H and O–H groups in total. The first kappa shape index (κ1) is 10.8. The normalized spacial score (nSPS) is 45.2. The second-order valence-corrected chi connectivity index (χ2v) is 6.00. The van der Waals surface area contributed by atoms with Gasteiger partial charge in [0, 0.05) is 12.3 Å². The van der Waals surface area contributed by atoms with Crippen molar-refractivity contribution in [1.29, 1.82) is 0 Å². The van der Waals surface area contributed by atoms with Crippen LogP contribution in [0.5, 0.6) is 0 Å². The summed E-state index contributed by atoms with van der Waals surface area (Å²) in [6, 6.07) is 0. The third kappa shape index (κ3) is 1.09. The predicted octanol–water partition coefficient (Wildman–Crippen LogP) is 1.81. The molecule has 0 amide bonds. The summed E-state index contributed by atoms with van der Waals surface area (Å²) in [5, 5.41) is 10.8. The largest absolute Gasteiger partial charge is 0.498 e. The third-order valence-corrected chi connectivity index (χ3v) is 5.19. The molecule has 4 atom stereocenters. The number of ether oxygens (including phenoxy) is 1. The molecule has 16 heavy (non-hydrogen) atoms. The molecule has 3 nitrogen and oxygen atoms in total. The van der Waals surface area contributed by atoms with E-state index in [-0.39, 0.29) is 23.5 Å². The Balaban J connectivity index is 2.19. The molecule has 2 unspecified atom stereocenters. The number of hydrogen-bond donors (Lipinski definition) is 1. The first-order chi connectivity index (χ1) is 7.59. The molecule has 1 fully saturated rings. The SMILES string of the molecule is COC1=CCC2C=C(I)[C@H]3CC(=O)C2[C@@]13O. The highest BCUT2D eigenvalue weighted by Gasteiger charge is 2.63. The molecular weight excluding hydrogens is 319 g/mol. The molecule has 0 aromatic carbocycles. The van der Waals surface area contributed by atoms with Gasteiger partial charge >= 0.3 is 0 Å². The van der Waals surface area contributed by atoms with Crippen LogP contribution in [0.2, 0.25) is 0 Å². The molecule has 3 aliphatic rings. The van der Waals surface area contributed by atoms with Gasteiger partial charge in [-0.15, -0.1) is 0 Å². The van der Waals surface area contributed by atoms with Crippen molar-refractivity contribution in [2.75, 3.05) is 7.11 Å². The molecular formula is C12H13IO3. The molecule has 3 rings (SSSR count). The molecule has 0 aliphatic heterocycles. The lowest BCUT2D eigenvalue weighted by atomic mass is 9.67. The molecule has 0 heterocycles. The van der Waals surface area contributed by atoms with E-state index in [4.69, 9.17) is 4.74 Å². The number of rotatable bonds is 1. The average molecular weight is 332 g/mol. The van der Waals surface area contributed by atoms with Gasteiger partial charge in [0.05, 0.1) is 13.0 Å². The van der Waals surface area contributed by atoms with Crippen LogP contribution in [-0.4, -0.2) is 23.6 Å². The van der Waals surface area contributed by atoms with Crippen LogP contribution >= 0.6 is 22.6 Å². The maximum atomic E-state index is 12.0. The number of allylic oxidation sites excluding steroid dienone is 2. The monoisotopic (exact) mass is 332 g/mol. The van der Waals surface area contributed by atoms with E-state index in [1.165, 1.54) is 0 Å². The van der Waals surface area contributed by atoms with Crippen LogP contribution in [-0.2, 0) is 9.53 Å². The van der Waals surface area contributed by atoms with Crippen molar-refractivity contribution in [3.63, 3.8) is 0 Å². The van der Waals surface area contributed by atoms with Gasteiger partial charge in [-0.3, -0.25) is 4.79 Å². The van der Waals surface area contributed by atoms with Crippen LogP contribution in [0.25, 0.3) is 0 Å². The van der Waals surface area contributed by atoms with E-state index in [1.807, 2.05) is 6.08 Å². The van der Waals surface area contributed by atoms with Gasteiger partial charge in [0.25, 0.3) is 0 Å². The van der Waals surface area contributed by atoms with Gasteiger partial charge in [-0.1, -0.05) is 6.08 Å². The number of aliphatic hydroxyl groups is 1. The van der Waals surface area contributed by atoms with E-state index in [2.05, 4.69) is 28.7 Å². The number of carbonyl (C=O) groups is 1. The van der Waals surface area contributed by atoms with Crippen LogP contribution in [0.15, 0.2) is 21.5 Å². The Morgan fingerprint density at radius 1 is 1.62 bits per heavy atom. The van der Waals surface area contributed by atoms with Crippen LogP contribution < -0.4 is 0 Å². The van der Waals surface area contributed by atoms with Crippen LogP contribution in [0.4, 0.5) is 0 Å². The molecule has 3 aliphatic carbocycles. The molecule has 0 radical (unpaired) electrons. The van der Waals surface area contributed by atoms with Crippen molar-refractivity contribution in [1.82, 2.24) is 0 Å². The quantitative estimate of drug-likeness (QED) is 0.745. The minimum absolute atomic E-state index is 0.0895. The molecule has 4 heteroatoms. The van der Waals surface area contributed by atoms with Crippen molar-refractivity contribution in [2.24, 2.45) is 17.8 Å². The zero-order chi connectivity index (χ0) is 11.5. The first-order valence-electron chi connectivity index (χ1n) is 5.46. The van der Waals surface area contributed by atoms with Crippen molar-refractivity contribution >= 4 is 28.4 Å². The van der Waals surface area contributed by atoms with Gasteiger partial charge in [0.1, 0.15) is 17.1 Å². The predicted molar refractivity (Wildman–Crippen MR) is 66.9 cm³/mol. The first-order valence-corrected chi connectivity index (χ1v) is 6.53. The molecule has 0 aromatic heterocycles. The molecule has 1 saturated carbocycles. The highest BCUT2D eigenvalue weighted by atomic mass is 127. The lowest BCUT2D eigenvalue weighted by molar-refractivity contribution is -0.128. The van der Waals surface area contributed by atoms with Crippen molar-refractivity contribution in [3.8, 4) is 0 Å². The summed E-state index contributed by atoms with van der Waals surface area (Å²) in [6.07, 6.45) is 5.33. The number of methoxy groups -OCH3 is 1. The summed E-state index contributed by atoms with van der Waals surface area (Å²) in [4.78, 5) is 12.0. The number of Topliss-reactive ketones (excluding diaryl/α,β-unsaturated/α-hetero) is 1. The van der Waals surface area contributed by atoms with Gasteiger partial charge in [0.2, 0.25) is 0 Å². The summed E-state index contributed by atoms with van der Waals surface area (Å²) in [6.45, 7) is 0. The Morgan fingerprint density at radius 3 is 3.06 bits per heavy atom. The maximum absolute atomic E-state index is 12.0. The number of ketones is 1. The summed E-state index contributed by atoms with van der Waals surface area (Å²) in [7, 11) is 1.57. The fourth-order valence-electron chi connectivity index (χ4n) is 3.42. The highest BCUT2D eigenvalue weighted by Crippen LogP contribution is 2.57. The van der Waals surface area contributed by atoms with Crippen molar-refractivity contribution < 1.29 is 14.6 Å². The second-order valence-electron chi connectivity index (χ2n) is 4.75. The summed E-state index contributed by atoms with van der Waals surface area (Å²) in [5.74, 6) is 0.557. The Hall–Kier alpha value is -0.360. The van der Waals surface area contributed by atoms with E-state index in [0.29, 0.717) is 12.2 Å². The average Bonchev–Trinajstić information content (AvgIpc) is 2.43. The fraction of sp³-hybridized carbons (Fsp3) is 0.583. The highest BCUT2D eigenvalue weighted by molar-refractivity contribution is 14.1. The van der Waals surface area contributed by atoms with Gasteiger partial charge in [-0.25, -0.2) is 0 Å². The molecule has 0 aromatic rings.